The smallest absolute Gasteiger partial charge is 0.422 e. The molecule has 0 radical (unpaired) electrons. The molecule has 0 aromatic carbocycles. The molecule has 0 bridgehead atoms. The predicted octanol–water partition coefficient (Wildman–Crippen LogP) is 1.07. The van der Waals surface area contributed by atoms with Crippen molar-refractivity contribution in [3.05, 3.63) is 0 Å². The molecule has 1 saturated heterocycles. The molecule has 0 atom stereocenters. The van der Waals surface area contributed by atoms with Gasteiger partial charge in [0.1, 0.15) is 0 Å². The van der Waals surface area contributed by atoms with Crippen LogP contribution >= 0.6 is 0 Å². The number of likely N-dealkylation sites (tertiary alicyclic amines) is 1. The zero-order chi connectivity index (χ0) is 14.5. The Morgan fingerprint density at radius 3 is 2.47 bits per heavy atom. The van der Waals surface area contributed by atoms with E-state index in [0.29, 0.717) is 12.8 Å². The molecule has 1 rings (SSSR count). The molecule has 0 saturated carbocycles. The molecule has 112 valence electrons. The third kappa shape index (κ3) is 5.65. The van der Waals surface area contributed by atoms with E-state index in [1.165, 1.54) is 4.90 Å². The van der Waals surface area contributed by atoms with E-state index in [0.717, 1.165) is 13.1 Å². The van der Waals surface area contributed by atoms with Gasteiger partial charge < -0.3 is 19.6 Å². The lowest BCUT2D eigenvalue weighted by Crippen LogP contribution is -2.48. The van der Waals surface area contributed by atoms with Crippen molar-refractivity contribution in [3.63, 3.8) is 0 Å². The average molecular weight is 284 g/mol. The summed E-state index contributed by atoms with van der Waals surface area (Å²) in [5.74, 6) is 0. The van der Waals surface area contributed by atoms with E-state index in [9.17, 15) is 18.0 Å². The highest BCUT2D eigenvalue weighted by Gasteiger charge is 2.33. The molecule has 19 heavy (non-hydrogen) atoms. The van der Waals surface area contributed by atoms with Crippen molar-refractivity contribution in [2.75, 3.05) is 39.9 Å². The van der Waals surface area contributed by atoms with Crippen molar-refractivity contribution in [2.24, 2.45) is 0 Å². The van der Waals surface area contributed by atoms with Gasteiger partial charge in [0.15, 0.2) is 6.61 Å². The second kappa shape index (κ2) is 6.95. The summed E-state index contributed by atoms with van der Waals surface area (Å²) in [6.07, 6.45) is -4.22. The van der Waals surface area contributed by atoms with Crippen molar-refractivity contribution in [1.29, 1.82) is 0 Å². The number of piperidine rings is 1. The highest BCUT2D eigenvalue weighted by molar-refractivity contribution is 5.68. The van der Waals surface area contributed by atoms with E-state index in [1.54, 1.807) is 0 Å². The molecule has 1 heterocycles. The SMILES string of the molecule is CN1CCC(N(CCO)C(=O)OCC(F)(F)F)CC1. The number of ether oxygens (including phenoxy) is 1. The van der Waals surface area contributed by atoms with Gasteiger partial charge in [-0.05, 0) is 33.0 Å². The van der Waals surface area contributed by atoms with Gasteiger partial charge in [-0.3, -0.25) is 0 Å². The molecular formula is C11H19F3N2O3. The first-order chi connectivity index (χ1) is 8.83. The molecule has 0 spiro atoms. The Labute approximate surface area is 109 Å². The number of carbonyl (C=O) groups is 1. The fourth-order valence-electron chi connectivity index (χ4n) is 2.06. The number of hydrogen-bond acceptors (Lipinski definition) is 4. The first-order valence-corrected chi connectivity index (χ1v) is 6.13. The molecule has 1 aliphatic heterocycles. The topological polar surface area (TPSA) is 53.0 Å². The van der Waals surface area contributed by atoms with Crippen molar-refractivity contribution in [1.82, 2.24) is 9.80 Å². The summed E-state index contributed by atoms with van der Waals surface area (Å²) >= 11 is 0. The third-order valence-electron chi connectivity index (χ3n) is 3.06. The van der Waals surface area contributed by atoms with Gasteiger partial charge in [0.2, 0.25) is 0 Å². The van der Waals surface area contributed by atoms with Gasteiger partial charge in [-0.25, -0.2) is 4.79 Å². The second-order valence-electron chi connectivity index (χ2n) is 4.62. The third-order valence-corrected chi connectivity index (χ3v) is 3.06. The standard InChI is InChI=1S/C11H19F3N2O3/c1-15-4-2-9(3-5-15)16(6-7-17)10(18)19-8-11(12,13)14/h9,17H,2-8H2,1H3. The van der Waals surface area contributed by atoms with Crippen molar-refractivity contribution in [3.8, 4) is 0 Å². The van der Waals surface area contributed by atoms with E-state index >= 15 is 0 Å². The average Bonchev–Trinajstić information content (AvgIpc) is 2.33. The first kappa shape index (κ1) is 16.0. The zero-order valence-corrected chi connectivity index (χ0v) is 10.8. The van der Waals surface area contributed by atoms with Crippen LogP contribution in [-0.4, -0.2) is 73.1 Å². The van der Waals surface area contributed by atoms with E-state index < -0.39 is 18.9 Å². The quantitative estimate of drug-likeness (QED) is 0.839. The number of halogens is 3. The summed E-state index contributed by atoms with van der Waals surface area (Å²) in [5, 5.41) is 8.91. The summed E-state index contributed by atoms with van der Waals surface area (Å²) < 4.78 is 40.3. The Morgan fingerprint density at radius 2 is 2.00 bits per heavy atom. The summed E-state index contributed by atoms with van der Waals surface area (Å²) in [4.78, 5) is 14.9. The van der Waals surface area contributed by atoms with E-state index in [2.05, 4.69) is 9.64 Å². The second-order valence-corrected chi connectivity index (χ2v) is 4.62. The van der Waals surface area contributed by atoms with Gasteiger partial charge in [0.25, 0.3) is 0 Å². The van der Waals surface area contributed by atoms with Gasteiger partial charge in [0.05, 0.1) is 6.61 Å². The first-order valence-electron chi connectivity index (χ1n) is 6.13. The molecule has 5 nitrogen and oxygen atoms in total. The normalized spacial score (nSPS) is 18.4. The Kier molecular flexibility index (Phi) is 5.86. The molecule has 1 N–H and O–H groups in total. The molecular weight excluding hydrogens is 265 g/mol. The van der Waals surface area contributed by atoms with Gasteiger partial charge >= 0.3 is 12.3 Å². The van der Waals surface area contributed by atoms with E-state index in [-0.39, 0.29) is 19.2 Å². The minimum absolute atomic E-state index is 0.00886. The van der Waals surface area contributed by atoms with Crippen LogP contribution < -0.4 is 0 Å². The van der Waals surface area contributed by atoms with Crippen molar-refractivity contribution in [2.45, 2.75) is 25.1 Å². The van der Waals surface area contributed by atoms with Crippen LogP contribution in [0.5, 0.6) is 0 Å². The predicted molar refractivity (Wildman–Crippen MR) is 61.7 cm³/mol. The Balaban J connectivity index is 2.53. The summed E-state index contributed by atoms with van der Waals surface area (Å²) in [5.41, 5.74) is 0. The van der Waals surface area contributed by atoms with Crippen molar-refractivity contribution < 1.29 is 27.8 Å². The lowest BCUT2D eigenvalue weighted by Gasteiger charge is -2.36. The lowest BCUT2D eigenvalue weighted by molar-refractivity contribution is -0.163. The van der Waals surface area contributed by atoms with Gasteiger partial charge in [-0.1, -0.05) is 0 Å². The maximum Gasteiger partial charge on any atom is 0.422 e. The highest BCUT2D eigenvalue weighted by atomic mass is 19.4. The molecule has 8 heteroatoms. The molecule has 1 aliphatic rings. The van der Waals surface area contributed by atoms with Crippen LogP contribution in [0.15, 0.2) is 0 Å². The van der Waals surface area contributed by atoms with E-state index in [1.807, 2.05) is 7.05 Å². The van der Waals surface area contributed by atoms with Gasteiger partial charge in [-0.2, -0.15) is 13.2 Å². The van der Waals surface area contributed by atoms with Crippen LogP contribution in [0.2, 0.25) is 0 Å². The Hall–Kier alpha value is -1.02. The maximum atomic E-state index is 12.0. The minimum atomic E-state index is -4.53. The van der Waals surface area contributed by atoms with Crippen LogP contribution in [0.1, 0.15) is 12.8 Å². The van der Waals surface area contributed by atoms with Crippen LogP contribution in [-0.2, 0) is 4.74 Å². The number of aliphatic hydroxyl groups excluding tert-OH is 1. The van der Waals surface area contributed by atoms with Crippen molar-refractivity contribution >= 4 is 6.09 Å². The summed E-state index contributed by atoms with van der Waals surface area (Å²) in [7, 11) is 1.94. The highest BCUT2D eigenvalue weighted by Crippen LogP contribution is 2.19. The molecule has 0 aromatic rings. The Morgan fingerprint density at radius 1 is 1.42 bits per heavy atom. The maximum absolute atomic E-state index is 12.0. The summed E-state index contributed by atoms with van der Waals surface area (Å²) in [6.45, 7) is -0.378. The number of alkyl halides is 3. The molecule has 0 aromatic heterocycles. The number of nitrogens with zero attached hydrogens (tertiary/aromatic N) is 2. The van der Waals surface area contributed by atoms with E-state index in [4.69, 9.17) is 5.11 Å². The largest absolute Gasteiger partial charge is 0.440 e. The number of rotatable bonds is 4. The van der Waals surface area contributed by atoms with Crippen LogP contribution in [0.4, 0.5) is 18.0 Å². The number of amides is 1. The number of hydrogen-bond donors (Lipinski definition) is 1. The molecule has 1 amide bonds. The summed E-state index contributed by atoms with van der Waals surface area (Å²) in [6, 6.07) is -0.177. The monoisotopic (exact) mass is 284 g/mol. The minimum Gasteiger partial charge on any atom is -0.440 e. The Bertz CT molecular complexity index is 291. The molecule has 0 unspecified atom stereocenters. The molecule has 1 fully saturated rings. The zero-order valence-electron chi connectivity index (χ0n) is 10.8. The number of aliphatic hydroxyl groups is 1. The van der Waals surface area contributed by atoms with Gasteiger partial charge in [-0.15, -0.1) is 0 Å². The fraction of sp³-hybridized carbons (Fsp3) is 0.909. The number of carbonyl (C=O) groups excluding carboxylic acids is 1. The van der Waals surface area contributed by atoms with Crippen LogP contribution in [0, 0.1) is 0 Å². The van der Waals surface area contributed by atoms with Crippen LogP contribution in [0.25, 0.3) is 0 Å². The van der Waals surface area contributed by atoms with Crippen LogP contribution in [0.3, 0.4) is 0 Å². The molecule has 0 aliphatic carbocycles. The fourth-order valence-corrected chi connectivity index (χ4v) is 2.06. The van der Waals surface area contributed by atoms with Gasteiger partial charge in [0, 0.05) is 12.6 Å². The lowest BCUT2D eigenvalue weighted by atomic mass is 10.0.